The number of carbonyl (C=O) groups is 2. The lowest BCUT2D eigenvalue weighted by Gasteiger charge is -2.31. The highest BCUT2D eigenvalue weighted by Crippen LogP contribution is 2.46. The lowest BCUT2D eigenvalue weighted by Crippen LogP contribution is -2.43. The Morgan fingerprint density at radius 1 is 1.00 bits per heavy atom. The van der Waals surface area contributed by atoms with E-state index < -0.39 is 11.4 Å². The van der Waals surface area contributed by atoms with E-state index >= 15 is 0 Å². The molecule has 2 amide bonds. The molecule has 0 bridgehead atoms. The Kier molecular flexibility index (Phi) is 7.38. The first kappa shape index (κ1) is 29.2. The van der Waals surface area contributed by atoms with Gasteiger partial charge in [-0.25, -0.2) is 4.68 Å². The van der Waals surface area contributed by atoms with Gasteiger partial charge in [-0.3, -0.25) is 9.59 Å². The highest BCUT2D eigenvalue weighted by molar-refractivity contribution is 5.98. The number of pyridine rings is 1. The van der Waals surface area contributed by atoms with Crippen LogP contribution in [0.4, 0.5) is 0 Å². The molecular weight excluding hydrogens is 554 g/mol. The van der Waals surface area contributed by atoms with Gasteiger partial charge in [0.15, 0.2) is 18.1 Å². The second-order valence-electron chi connectivity index (χ2n) is 11.1. The molecule has 2 aromatic heterocycles. The standard InChI is InChI=1S/C31H33N5O7/c1-31(2,3)34(4)30(38)27-24-16-43-26-13-25(42-7)22(17-8-18(29(32)37)15-35(39)14-17)12-23(26)28(24)36(33-27)19-9-20(40-5)11-21(10-19)41-6/h8-15H,16H2,1-7H3,(H2,32,37). The van der Waals surface area contributed by atoms with Crippen molar-refractivity contribution in [3.05, 3.63) is 70.8 Å². The van der Waals surface area contributed by atoms with Crippen LogP contribution in [0.1, 0.15) is 47.2 Å². The highest BCUT2D eigenvalue weighted by Gasteiger charge is 2.35. The average molecular weight is 588 g/mol. The number of primary amides is 1. The van der Waals surface area contributed by atoms with Gasteiger partial charge in [-0.2, -0.15) is 9.83 Å². The van der Waals surface area contributed by atoms with Gasteiger partial charge in [0.2, 0.25) is 0 Å². The Morgan fingerprint density at radius 3 is 2.26 bits per heavy atom. The summed E-state index contributed by atoms with van der Waals surface area (Å²) < 4.78 is 25.0. The van der Waals surface area contributed by atoms with Gasteiger partial charge in [-0.1, -0.05) is 0 Å². The van der Waals surface area contributed by atoms with E-state index in [2.05, 4.69) is 0 Å². The van der Waals surface area contributed by atoms with Crippen LogP contribution in [-0.4, -0.2) is 60.4 Å². The number of ether oxygens (including phenoxy) is 4. The van der Waals surface area contributed by atoms with E-state index in [0.717, 1.165) is 6.20 Å². The number of methoxy groups -OCH3 is 3. The summed E-state index contributed by atoms with van der Waals surface area (Å²) in [7, 11) is 6.32. The molecule has 0 fully saturated rings. The number of amides is 2. The van der Waals surface area contributed by atoms with E-state index in [0.29, 0.717) is 61.4 Å². The molecule has 12 nitrogen and oxygen atoms in total. The Balaban J connectivity index is 1.81. The molecule has 4 aromatic rings. The molecule has 0 unspecified atom stereocenters. The Morgan fingerprint density at radius 2 is 1.67 bits per heavy atom. The van der Waals surface area contributed by atoms with Gasteiger partial charge in [0, 0.05) is 53.5 Å². The SMILES string of the molecule is COc1cc(OC)cc(-n2nc(C(=O)N(C)C(C)(C)C)c3c2-c2cc(-c4cc(C(N)=O)c[n+]([O-])c4)c(OC)cc2OC3)c1. The number of hydrogen-bond donors (Lipinski definition) is 1. The number of rotatable bonds is 7. The summed E-state index contributed by atoms with van der Waals surface area (Å²) in [5.41, 5.74) is 8.53. The Bertz CT molecular complexity index is 1730. The topological polar surface area (TPSA) is 145 Å². The van der Waals surface area contributed by atoms with Gasteiger partial charge in [0.25, 0.3) is 11.8 Å². The van der Waals surface area contributed by atoms with Gasteiger partial charge >= 0.3 is 0 Å². The molecule has 2 aromatic carbocycles. The van der Waals surface area contributed by atoms with Crippen molar-refractivity contribution in [3.63, 3.8) is 0 Å². The van der Waals surface area contributed by atoms with Crippen LogP contribution < -0.4 is 29.4 Å². The first-order valence-electron chi connectivity index (χ1n) is 13.4. The quantitative estimate of drug-likeness (QED) is 0.254. The molecule has 0 radical (unpaired) electrons. The predicted octanol–water partition coefficient (Wildman–Crippen LogP) is 3.73. The third kappa shape index (κ3) is 5.27. The number of carbonyl (C=O) groups excluding carboxylic acids is 2. The van der Waals surface area contributed by atoms with E-state index in [4.69, 9.17) is 29.8 Å². The van der Waals surface area contributed by atoms with E-state index in [1.807, 2.05) is 20.8 Å². The van der Waals surface area contributed by atoms with Crippen LogP contribution in [0.2, 0.25) is 0 Å². The van der Waals surface area contributed by atoms with Crippen LogP contribution in [-0.2, 0) is 6.61 Å². The van der Waals surface area contributed by atoms with Gasteiger partial charge in [-0.05, 0) is 32.9 Å². The van der Waals surface area contributed by atoms with E-state index in [1.165, 1.54) is 19.4 Å². The van der Waals surface area contributed by atoms with E-state index in [-0.39, 0.29) is 23.8 Å². The summed E-state index contributed by atoms with van der Waals surface area (Å²) in [5.74, 6) is 0.924. The number of aromatic nitrogens is 3. The normalized spacial score (nSPS) is 12.1. The largest absolute Gasteiger partial charge is 0.619 e. The van der Waals surface area contributed by atoms with Gasteiger partial charge in [0.1, 0.15) is 35.2 Å². The fraction of sp³-hybridized carbons (Fsp3) is 0.290. The maximum Gasteiger partial charge on any atom is 0.274 e. The first-order chi connectivity index (χ1) is 20.4. The highest BCUT2D eigenvalue weighted by atomic mass is 16.5. The minimum atomic E-state index is -0.745. The van der Waals surface area contributed by atoms with Crippen molar-refractivity contribution in [3.8, 4) is 51.1 Å². The first-order valence-corrected chi connectivity index (χ1v) is 13.4. The number of benzene rings is 2. The zero-order chi connectivity index (χ0) is 31.2. The summed E-state index contributed by atoms with van der Waals surface area (Å²) in [6.07, 6.45) is 2.42. The molecule has 224 valence electrons. The third-order valence-corrected chi connectivity index (χ3v) is 7.45. The Hall–Kier alpha value is -5.26. The maximum absolute atomic E-state index is 13.8. The van der Waals surface area contributed by atoms with Gasteiger partial charge in [-0.15, -0.1) is 0 Å². The molecule has 1 aliphatic heterocycles. The molecule has 12 heteroatoms. The molecule has 1 aliphatic rings. The van der Waals surface area contributed by atoms with Crippen molar-refractivity contribution in [1.82, 2.24) is 14.7 Å². The predicted molar refractivity (Wildman–Crippen MR) is 158 cm³/mol. The Labute approximate surface area is 248 Å². The zero-order valence-corrected chi connectivity index (χ0v) is 25.0. The van der Waals surface area contributed by atoms with Crippen LogP contribution in [0.3, 0.4) is 0 Å². The van der Waals surface area contributed by atoms with Crippen LogP contribution in [0.25, 0.3) is 28.1 Å². The summed E-state index contributed by atoms with van der Waals surface area (Å²) >= 11 is 0. The molecule has 0 saturated carbocycles. The monoisotopic (exact) mass is 587 g/mol. The van der Waals surface area contributed by atoms with Crippen molar-refractivity contribution in [2.24, 2.45) is 5.73 Å². The van der Waals surface area contributed by atoms with Gasteiger partial charge < -0.3 is 34.8 Å². The second-order valence-corrected chi connectivity index (χ2v) is 11.1. The molecular formula is C31H33N5O7. The van der Waals surface area contributed by atoms with Crippen LogP contribution >= 0.6 is 0 Å². The van der Waals surface area contributed by atoms with Crippen LogP contribution in [0, 0.1) is 5.21 Å². The van der Waals surface area contributed by atoms with Crippen molar-refractivity contribution < 1.29 is 33.3 Å². The number of fused-ring (bicyclic) bond motifs is 3. The molecule has 0 atom stereocenters. The van der Waals surface area contributed by atoms with Crippen LogP contribution in [0.5, 0.6) is 23.0 Å². The summed E-state index contributed by atoms with van der Waals surface area (Å²) in [4.78, 5) is 27.4. The fourth-order valence-corrected chi connectivity index (χ4v) is 4.85. The molecule has 3 heterocycles. The van der Waals surface area contributed by atoms with Gasteiger partial charge in [0.05, 0.1) is 38.3 Å². The molecule has 0 aliphatic carbocycles. The van der Waals surface area contributed by atoms with Crippen LogP contribution in [0.15, 0.2) is 48.8 Å². The summed E-state index contributed by atoms with van der Waals surface area (Å²) in [6, 6.07) is 10.3. The minimum absolute atomic E-state index is 0.0378. The van der Waals surface area contributed by atoms with Crippen molar-refractivity contribution >= 4 is 11.8 Å². The number of nitrogens with two attached hydrogens (primary N) is 1. The molecule has 0 spiro atoms. The molecule has 5 rings (SSSR count). The maximum atomic E-state index is 13.8. The number of nitrogens with zero attached hydrogens (tertiary/aromatic N) is 4. The third-order valence-electron chi connectivity index (χ3n) is 7.45. The molecule has 2 N–H and O–H groups in total. The summed E-state index contributed by atoms with van der Waals surface area (Å²) in [5, 5.41) is 17.3. The van der Waals surface area contributed by atoms with Crippen molar-refractivity contribution in [1.29, 1.82) is 0 Å². The fourth-order valence-electron chi connectivity index (χ4n) is 4.85. The molecule has 43 heavy (non-hydrogen) atoms. The van der Waals surface area contributed by atoms with Crippen molar-refractivity contribution in [2.75, 3.05) is 28.4 Å². The minimum Gasteiger partial charge on any atom is -0.619 e. The zero-order valence-electron chi connectivity index (χ0n) is 25.0. The average Bonchev–Trinajstić information content (AvgIpc) is 3.38. The second kappa shape index (κ2) is 10.9. The number of hydrogen-bond acceptors (Lipinski definition) is 8. The molecule has 0 saturated heterocycles. The van der Waals surface area contributed by atoms with E-state index in [9.17, 15) is 14.8 Å². The van der Waals surface area contributed by atoms with E-state index in [1.54, 1.807) is 61.2 Å². The lowest BCUT2D eigenvalue weighted by molar-refractivity contribution is -0.604. The smallest absolute Gasteiger partial charge is 0.274 e. The lowest BCUT2D eigenvalue weighted by atomic mass is 9.95. The van der Waals surface area contributed by atoms with Crippen molar-refractivity contribution in [2.45, 2.75) is 32.9 Å². The summed E-state index contributed by atoms with van der Waals surface area (Å²) in [6.45, 7) is 5.89.